The lowest BCUT2D eigenvalue weighted by Crippen LogP contribution is -2.43. The number of nitrogens with zero attached hydrogens (tertiary/aromatic N) is 5. The number of pyridine rings is 1. The first kappa shape index (κ1) is 26.8. The van der Waals surface area contributed by atoms with Gasteiger partial charge in [0.15, 0.2) is 0 Å². The van der Waals surface area contributed by atoms with Crippen LogP contribution in [0, 0.1) is 0 Å². The monoisotopic (exact) mass is 570 g/mol. The van der Waals surface area contributed by atoms with Crippen LogP contribution in [0.5, 0.6) is 11.5 Å². The minimum Gasteiger partial charge on any atom is -0.495 e. The molecule has 1 aliphatic rings. The standard InChI is InChI=1S/C26H28Cl2N8O3/c1-5-7-29-16-12-36(20-6-8-31-34-20)13-17(16)32-26-30-11-14-9-15(25(37)35(2)24(14)33-26)21-22(27)18(38-3)10-19(39-4)23(21)28/h5-6,8-11,16-17,29H,1,7,12-13H2,2-4H3,(H,31,34)(H,30,32,33). The normalized spacial score (nSPS) is 17.0. The van der Waals surface area contributed by atoms with E-state index in [1.807, 2.05) is 12.1 Å². The van der Waals surface area contributed by atoms with E-state index in [1.165, 1.54) is 18.8 Å². The van der Waals surface area contributed by atoms with Crippen molar-refractivity contribution in [3.63, 3.8) is 0 Å². The topological polar surface area (TPSA) is 122 Å². The van der Waals surface area contributed by atoms with Crippen LogP contribution >= 0.6 is 23.2 Å². The fourth-order valence-corrected chi connectivity index (χ4v) is 5.50. The van der Waals surface area contributed by atoms with Crippen molar-refractivity contribution in [1.29, 1.82) is 0 Å². The van der Waals surface area contributed by atoms with Gasteiger partial charge in [-0.15, -0.1) is 6.58 Å². The molecule has 13 heteroatoms. The Labute approximate surface area is 234 Å². The van der Waals surface area contributed by atoms with Gasteiger partial charge in [-0.25, -0.2) is 4.98 Å². The van der Waals surface area contributed by atoms with Crippen molar-refractivity contribution in [2.45, 2.75) is 12.1 Å². The third-order valence-electron chi connectivity index (χ3n) is 6.78. The summed E-state index contributed by atoms with van der Waals surface area (Å²) in [6.45, 7) is 5.93. The number of aryl methyl sites for hydroxylation is 1. The van der Waals surface area contributed by atoms with Crippen molar-refractivity contribution in [3.8, 4) is 22.6 Å². The van der Waals surface area contributed by atoms with Gasteiger partial charge in [0, 0.05) is 62.0 Å². The summed E-state index contributed by atoms with van der Waals surface area (Å²) in [5, 5.41) is 15.1. The summed E-state index contributed by atoms with van der Waals surface area (Å²) in [6, 6.07) is 5.28. The predicted octanol–water partition coefficient (Wildman–Crippen LogP) is 3.49. The van der Waals surface area contributed by atoms with Gasteiger partial charge in [-0.1, -0.05) is 29.3 Å². The maximum Gasteiger partial charge on any atom is 0.259 e. The Kier molecular flexibility index (Phi) is 7.65. The van der Waals surface area contributed by atoms with E-state index >= 15 is 0 Å². The molecular formula is C26H28Cl2N8O3. The molecule has 204 valence electrons. The first-order valence-corrected chi connectivity index (χ1v) is 12.9. The van der Waals surface area contributed by atoms with Gasteiger partial charge >= 0.3 is 0 Å². The molecule has 3 aromatic heterocycles. The highest BCUT2D eigenvalue weighted by Gasteiger charge is 2.33. The Hall–Kier alpha value is -3.80. The van der Waals surface area contributed by atoms with E-state index in [0.717, 1.165) is 12.4 Å². The second-order valence-corrected chi connectivity index (χ2v) is 9.84. The molecule has 4 heterocycles. The molecule has 2 atom stereocenters. The lowest BCUT2D eigenvalue weighted by atomic mass is 10.0. The van der Waals surface area contributed by atoms with Gasteiger partial charge in [0.1, 0.15) is 23.0 Å². The summed E-state index contributed by atoms with van der Waals surface area (Å²) in [7, 11) is 4.61. The molecular weight excluding hydrogens is 543 g/mol. The molecule has 3 N–H and O–H groups in total. The molecule has 2 unspecified atom stereocenters. The third-order valence-corrected chi connectivity index (χ3v) is 7.53. The van der Waals surface area contributed by atoms with Crippen LogP contribution in [0.3, 0.4) is 0 Å². The molecule has 1 saturated heterocycles. The Morgan fingerprint density at radius 2 is 1.90 bits per heavy atom. The predicted molar refractivity (Wildman–Crippen MR) is 154 cm³/mol. The largest absolute Gasteiger partial charge is 0.495 e. The molecule has 4 aromatic rings. The lowest BCUT2D eigenvalue weighted by molar-refractivity contribution is 0.395. The summed E-state index contributed by atoms with van der Waals surface area (Å²) in [5.74, 6) is 2.02. The second kappa shape index (κ2) is 11.1. The molecule has 0 radical (unpaired) electrons. The Morgan fingerprint density at radius 3 is 2.54 bits per heavy atom. The number of fused-ring (bicyclic) bond motifs is 1. The van der Waals surface area contributed by atoms with E-state index < -0.39 is 0 Å². The third kappa shape index (κ3) is 5.00. The Bertz CT molecular complexity index is 1550. The highest BCUT2D eigenvalue weighted by molar-refractivity contribution is 6.41. The smallest absolute Gasteiger partial charge is 0.259 e. The minimum atomic E-state index is -0.330. The lowest BCUT2D eigenvalue weighted by Gasteiger charge is -2.20. The number of methoxy groups -OCH3 is 2. The van der Waals surface area contributed by atoms with E-state index in [-0.39, 0.29) is 33.3 Å². The van der Waals surface area contributed by atoms with Gasteiger partial charge in [-0.2, -0.15) is 10.1 Å². The van der Waals surface area contributed by atoms with Crippen molar-refractivity contribution in [3.05, 3.63) is 63.6 Å². The molecule has 0 saturated carbocycles. The number of hydrogen-bond donors (Lipinski definition) is 3. The molecule has 1 aromatic carbocycles. The number of rotatable bonds is 9. The van der Waals surface area contributed by atoms with Gasteiger partial charge in [-0.05, 0) is 6.07 Å². The molecule has 1 aliphatic heterocycles. The van der Waals surface area contributed by atoms with Crippen LogP contribution in [-0.2, 0) is 7.05 Å². The SMILES string of the molecule is C=CCNC1CN(c2ccn[nH]2)CC1Nc1ncc2cc(-c3c(Cl)c(OC)cc(OC)c3Cl)c(=O)n(C)c2n1. The zero-order chi connectivity index (χ0) is 27.7. The molecule has 0 amide bonds. The minimum absolute atomic E-state index is 0.0103. The number of hydrogen-bond acceptors (Lipinski definition) is 9. The number of aromatic nitrogens is 5. The van der Waals surface area contributed by atoms with Crippen LogP contribution in [-0.4, -0.2) is 70.7 Å². The number of anilines is 2. The number of aromatic amines is 1. The van der Waals surface area contributed by atoms with Gasteiger partial charge < -0.3 is 25.0 Å². The van der Waals surface area contributed by atoms with E-state index in [2.05, 4.69) is 42.3 Å². The number of H-pyrrole nitrogens is 1. The fraction of sp³-hybridized carbons (Fsp3) is 0.308. The van der Waals surface area contributed by atoms with Crippen molar-refractivity contribution in [2.75, 3.05) is 44.1 Å². The van der Waals surface area contributed by atoms with Crippen LogP contribution in [0.2, 0.25) is 10.0 Å². The van der Waals surface area contributed by atoms with Gasteiger partial charge in [0.2, 0.25) is 5.95 Å². The molecule has 1 fully saturated rings. The van der Waals surface area contributed by atoms with E-state index in [9.17, 15) is 4.79 Å². The number of nitrogens with one attached hydrogen (secondary N) is 3. The first-order chi connectivity index (χ1) is 18.9. The Morgan fingerprint density at radius 1 is 1.18 bits per heavy atom. The van der Waals surface area contributed by atoms with E-state index in [4.69, 9.17) is 32.7 Å². The fourth-order valence-electron chi connectivity index (χ4n) is 4.80. The maximum atomic E-state index is 13.5. The van der Waals surface area contributed by atoms with Crippen LogP contribution in [0.4, 0.5) is 11.8 Å². The maximum absolute atomic E-state index is 13.5. The Balaban J connectivity index is 1.51. The van der Waals surface area contributed by atoms with Crippen LogP contribution < -0.4 is 30.6 Å². The number of ether oxygens (including phenoxy) is 2. The number of halogens is 2. The van der Waals surface area contributed by atoms with Gasteiger partial charge in [0.05, 0.1) is 42.1 Å². The van der Waals surface area contributed by atoms with Crippen molar-refractivity contribution in [2.24, 2.45) is 7.05 Å². The average molecular weight is 571 g/mol. The van der Waals surface area contributed by atoms with Gasteiger partial charge in [0.25, 0.3) is 5.56 Å². The second-order valence-electron chi connectivity index (χ2n) is 9.08. The molecule has 0 aliphatic carbocycles. The van der Waals surface area contributed by atoms with Crippen molar-refractivity contribution >= 4 is 46.0 Å². The molecule has 39 heavy (non-hydrogen) atoms. The first-order valence-electron chi connectivity index (χ1n) is 12.2. The summed E-state index contributed by atoms with van der Waals surface area (Å²) < 4.78 is 12.2. The zero-order valence-corrected chi connectivity index (χ0v) is 23.2. The summed E-state index contributed by atoms with van der Waals surface area (Å²) in [5.41, 5.74) is 0.729. The zero-order valence-electron chi connectivity index (χ0n) is 21.7. The van der Waals surface area contributed by atoms with Gasteiger partial charge in [-0.3, -0.25) is 14.5 Å². The van der Waals surface area contributed by atoms with Crippen LogP contribution in [0.25, 0.3) is 22.2 Å². The molecule has 5 rings (SSSR count). The molecule has 11 nitrogen and oxygen atoms in total. The van der Waals surface area contributed by atoms with E-state index in [0.29, 0.717) is 47.1 Å². The molecule has 0 spiro atoms. The van der Waals surface area contributed by atoms with E-state index in [1.54, 1.807) is 31.6 Å². The highest BCUT2D eigenvalue weighted by Crippen LogP contribution is 2.45. The van der Waals surface area contributed by atoms with Crippen molar-refractivity contribution < 1.29 is 9.47 Å². The molecule has 0 bridgehead atoms. The average Bonchev–Trinajstić information content (AvgIpc) is 3.61. The summed E-state index contributed by atoms with van der Waals surface area (Å²) in [6.07, 6.45) is 5.22. The number of benzene rings is 1. The summed E-state index contributed by atoms with van der Waals surface area (Å²) in [4.78, 5) is 25.0. The summed E-state index contributed by atoms with van der Waals surface area (Å²) >= 11 is 13.2. The quantitative estimate of drug-likeness (QED) is 0.259. The highest BCUT2D eigenvalue weighted by atomic mass is 35.5. The van der Waals surface area contributed by atoms with Crippen LogP contribution in [0.15, 0.2) is 48.0 Å². The van der Waals surface area contributed by atoms with Crippen molar-refractivity contribution in [1.82, 2.24) is 30.0 Å². The van der Waals surface area contributed by atoms with Crippen LogP contribution in [0.1, 0.15) is 0 Å².